The van der Waals surface area contributed by atoms with E-state index in [0.717, 1.165) is 18.7 Å². The molecule has 0 bridgehead atoms. The summed E-state index contributed by atoms with van der Waals surface area (Å²) in [6, 6.07) is 0.760. The summed E-state index contributed by atoms with van der Waals surface area (Å²) >= 11 is 0. The molecule has 2 heterocycles. The topological polar surface area (TPSA) is 104 Å². The van der Waals surface area contributed by atoms with E-state index < -0.39 is 23.6 Å². The molecule has 31 heavy (non-hydrogen) atoms. The lowest BCUT2D eigenvalue weighted by molar-refractivity contribution is -0.141. The van der Waals surface area contributed by atoms with Crippen molar-refractivity contribution >= 4 is 42.0 Å². The molecular weight excluding hydrogens is 530 g/mol. The highest BCUT2D eigenvalue weighted by molar-refractivity contribution is 14.0. The lowest BCUT2D eigenvalue weighted by Gasteiger charge is -2.23. The van der Waals surface area contributed by atoms with Gasteiger partial charge in [0.2, 0.25) is 5.95 Å². The first-order chi connectivity index (χ1) is 14.0. The Labute approximate surface area is 196 Å². The van der Waals surface area contributed by atoms with Crippen molar-refractivity contribution in [3.63, 3.8) is 0 Å². The summed E-state index contributed by atoms with van der Waals surface area (Å²) in [5.74, 6) is 0.541. The predicted molar refractivity (Wildman–Crippen MR) is 122 cm³/mol. The van der Waals surface area contributed by atoms with Gasteiger partial charge in [0.1, 0.15) is 11.3 Å². The molecule has 1 aromatic rings. The molecule has 3 N–H and O–H groups in total. The Morgan fingerprint density at radius 2 is 2.03 bits per heavy atom. The fourth-order valence-corrected chi connectivity index (χ4v) is 2.83. The third kappa shape index (κ3) is 9.31. The second-order valence-corrected chi connectivity index (χ2v) is 7.74. The number of aromatic nitrogens is 2. The standard InChI is InChI=1S/C18H28F3N7O2.HI/c1-17(2,3)30-16(29)26-12-6-10-28(11-12)15(22-4)25-9-8-24-14-23-7-5-13(27-14)18(19,20)21;/h5,7,12H,6,8-11H2,1-4H3,(H,22,25)(H,26,29)(H,23,24,27);1H. The normalized spacial score (nSPS) is 17.1. The molecule has 13 heteroatoms. The van der Waals surface area contributed by atoms with E-state index in [2.05, 4.69) is 30.9 Å². The monoisotopic (exact) mass is 559 g/mol. The number of guanidine groups is 1. The summed E-state index contributed by atoms with van der Waals surface area (Å²) < 4.78 is 43.3. The smallest absolute Gasteiger partial charge is 0.433 e. The van der Waals surface area contributed by atoms with Gasteiger partial charge in [-0.2, -0.15) is 13.2 Å². The zero-order valence-electron chi connectivity index (χ0n) is 17.9. The number of carbonyl (C=O) groups is 1. The van der Waals surface area contributed by atoms with Gasteiger partial charge in [0.15, 0.2) is 5.96 Å². The van der Waals surface area contributed by atoms with Crippen molar-refractivity contribution in [1.82, 2.24) is 25.5 Å². The zero-order valence-corrected chi connectivity index (χ0v) is 20.2. The van der Waals surface area contributed by atoms with Gasteiger partial charge in [-0.05, 0) is 33.3 Å². The molecule has 0 radical (unpaired) electrons. The van der Waals surface area contributed by atoms with Crippen LogP contribution in [0.4, 0.5) is 23.9 Å². The minimum atomic E-state index is -4.51. The van der Waals surface area contributed by atoms with Crippen LogP contribution >= 0.6 is 24.0 Å². The van der Waals surface area contributed by atoms with Crippen LogP contribution in [0.5, 0.6) is 0 Å². The highest BCUT2D eigenvalue weighted by Gasteiger charge is 2.32. The lowest BCUT2D eigenvalue weighted by Crippen LogP contribution is -2.45. The molecule has 1 fully saturated rings. The van der Waals surface area contributed by atoms with Crippen LogP contribution in [0.15, 0.2) is 17.3 Å². The summed E-state index contributed by atoms with van der Waals surface area (Å²) in [5.41, 5.74) is -1.56. The van der Waals surface area contributed by atoms with E-state index >= 15 is 0 Å². The number of hydrogen-bond acceptors (Lipinski definition) is 6. The van der Waals surface area contributed by atoms with Crippen LogP contribution in [0.1, 0.15) is 32.9 Å². The van der Waals surface area contributed by atoms with Crippen molar-refractivity contribution in [2.75, 3.05) is 38.5 Å². The van der Waals surface area contributed by atoms with Gasteiger partial charge in [-0.15, -0.1) is 24.0 Å². The molecule has 1 aliphatic heterocycles. The fraction of sp³-hybridized carbons (Fsp3) is 0.667. The average Bonchev–Trinajstić information content (AvgIpc) is 3.07. The number of amides is 1. The molecule has 1 aromatic heterocycles. The Balaban J connectivity index is 0.00000480. The molecule has 0 aliphatic carbocycles. The van der Waals surface area contributed by atoms with Crippen LogP contribution in [0.3, 0.4) is 0 Å². The zero-order chi connectivity index (χ0) is 22.4. The molecule has 1 aliphatic rings. The van der Waals surface area contributed by atoms with Crippen LogP contribution in [0.2, 0.25) is 0 Å². The summed E-state index contributed by atoms with van der Waals surface area (Å²) in [6.07, 6.45) is -3.16. The Kier molecular flexibility index (Phi) is 10.0. The second kappa shape index (κ2) is 11.5. The van der Waals surface area contributed by atoms with E-state index in [0.29, 0.717) is 32.1 Å². The van der Waals surface area contributed by atoms with Crippen molar-refractivity contribution < 1.29 is 22.7 Å². The minimum absolute atomic E-state index is 0. The van der Waals surface area contributed by atoms with E-state index in [9.17, 15) is 18.0 Å². The number of alkyl carbamates (subject to hydrolysis) is 1. The number of nitrogens with zero attached hydrogens (tertiary/aromatic N) is 4. The molecular formula is C18H29F3IN7O2. The molecule has 0 spiro atoms. The maximum absolute atomic E-state index is 12.7. The third-order valence-corrected chi connectivity index (χ3v) is 4.06. The molecule has 1 unspecified atom stereocenters. The first-order valence-electron chi connectivity index (χ1n) is 9.57. The fourth-order valence-electron chi connectivity index (χ4n) is 2.83. The predicted octanol–water partition coefficient (Wildman–Crippen LogP) is 2.70. The van der Waals surface area contributed by atoms with Gasteiger partial charge in [-0.3, -0.25) is 4.99 Å². The van der Waals surface area contributed by atoms with Crippen LogP contribution in [-0.2, 0) is 10.9 Å². The van der Waals surface area contributed by atoms with Crippen molar-refractivity contribution in [2.24, 2.45) is 4.99 Å². The van der Waals surface area contributed by atoms with Crippen molar-refractivity contribution in [1.29, 1.82) is 0 Å². The molecule has 0 saturated carbocycles. The number of hydrogen-bond donors (Lipinski definition) is 3. The largest absolute Gasteiger partial charge is 0.444 e. The van der Waals surface area contributed by atoms with Gasteiger partial charge >= 0.3 is 12.3 Å². The van der Waals surface area contributed by atoms with E-state index in [-0.39, 0.29) is 36.0 Å². The van der Waals surface area contributed by atoms with Gasteiger partial charge in [-0.1, -0.05) is 0 Å². The number of alkyl halides is 3. The number of rotatable bonds is 5. The summed E-state index contributed by atoms with van der Waals surface area (Å²) in [5, 5.41) is 8.73. The maximum Gasteiger partial charge on any atom is 0.433 e. The van der Waals surface area contributed by atoms with E-state index in [1.165, 1.54) is 0 Å². The molecule has 1 atom stereocenters. The number of anilines is 1. The molecule has 9 nitrogen and oxygen atoms in total. The Morgan fingerprint density at radius 3 is 2.65 bits per heavy atom. The van der Waals surface area contributed by atoms with Gasteiger partial charge in [0.25, 0.3) is 0 Å². The van der Waals surface area contributed by atoms with Crippen LogP contribution in [-0.4, -0.2) is 71.8 Å². The number of halogens is 4. The molecule has 176 valence electrons. The van der Waals surface area contributed by atoms with Gasteiger partial charge in [0.05, 0.1) is 6.04 Å². The minimum Gasteiger partial charge on any atom is -0.444 e. The third-order valence-electron chi connectivity index (χ3n) is 4.06. The van der Waals surface area contributed by atoms with Gasteiger partial charge in [-0.25, -0.2) is 14.8 Å². The molecule has 1 saturated heterocycles. The Morgan fingerprint density at radius 1 is 1.32 bits per heavy atom. The van der Waals surface area contributed by atoms with Crippen LogP contribution in [0, 0.1) is 0 Å². The van der Waals surface area contributed by atoms with E-state index in [1.807, 2.05) is 4.90 Å². The van der Waals surface area contributed by atoms with E-state index in [4.69, 9.17) is 4.74 Å². The molecule has 1 amide bonds. The summed E-state index contributed by atoms with van der Waals surface area (Å²) in [7, 11) is 1.64. The quantitative estimate of drug-likeness (QED) is 0.221. The first kappa shape index (κ1) is 27.0. The molecule has 2 rings (SSSR count). The van der Waals surface area contributed by atoms with Crippen LogP contribution < -0.4 is 16.0 Å². The number of ether oxygens (including phenoxy) is 1. The van der Waals surface area contributed by atoms with E-state index in [1.54, 1.807) is 27.8 Å². The summed E-state index contributed by atoms with van der Waals surface area (Å²) in [4.78, 5) is 25.3. The Hall–Kier alpha value is -2.06. The first-order valence-corrected chi connectivity index (χ1v) is 9.57. The van der Waals surface area contributed by atoms with Gasteiger partial charge < -0.3 is 25.6 Å². The highest BCUT2D eigenvalue weighted by Crippen LogP contribution is 2.27. The SMILES string of the molecule is CN=C(NCCNc1nccc(C(F)(F)F)n1)N1CCC(NC(=O)OC(C)(C)C)C1.I. The van der Waals surface area contributed by atoms with Crippen LogP contribution in [0.25, 0.3) is 0 Å². The molecule has 0 aromatic carbocycles. The lowest BCUT2D eigenvalue weighted by atomic mass is 10.2. The number of carbonyl (C=O) groups excluding carboxylic acids is 1. The van der Waals surface area contributed by atoms with Crippen molar-refractivity contribution in [3.8, 4) is 0 Å². The van der Waals surface area contributed by atoms with Gasteiger partial charge in [0, 0.05) is 39.4 Å². The van der Waals surface area contributed by atoms with Crippen molar-refractivity contribution in [2.45, 2.75) is 45.0 Å². The Bertz CT molecular complexity index is 756. The average molecular weight is 559 g/mol. The maximum atomic E-state index is 12.7. The second-order valence-electron chi connectivity index (χ2n) is 7.74. The number of nitrogens with one attached hydrogen (secondary N) is 3. The number of aliphatic imine (C=N–C) groups is 1. The number of likely N-dealkylation sites (tertiary alicyclic amines) is 1. The van der Waals surface area contributed by atoms with Crippen molar-refractivity contribution in [3.05, 3.63) is 18.0 Å². The summed E-state index contributed by atoms with van der Waals surface area (Å²) in [6.45, 7) is 7.38. The highest BCUT2D eigenvalue weighted by atomic mass is 127.